The van der Waals surface area contributed by atoms with Crippen molar-refractivity contribution >= 4 is 0 Å². The zero-order valence-electron chi connectivity index (χ0n) is 6.38. The molecule has 2 atom stereocenters. The first-order chi connectivity index (χ1) is 4.79. The first kappa shape index (κ1) is 7.98. The Morgan fingerprint density at radius 3 is 3.10 bits per heavy atom. The summed E-state index contributed by atoms with van der Waals surface area (Å²) in [7, 11) is 0. The van der Waals surface area contributed by atoms with Crippen LogP contribution in [-0.2, 0) is 9.47 Å². The maximum absolute atomic E-state index is 5.50. The molecular formula is C7H15NO2. The van der Waals surface area contributed by atoms with E-state index in [1.807, 2.05) is 6.92 Å². The standard InChI is InChI=1S/C7H15NO2/c1-6(8)4-10-7-2-3-9-5-7/h6-7H,2-5,8H2,1H3/t6-,7+/m1/s1. The van der Waals surface area contributed by atoms with Gasteiger partial charge in [0.05, 0.1) is 19.3 Å². The van der Waals surface area contributed by atoms with E-state index in [1.165, 1.54) is 0 Å². The minimum atomic E-state index is 0.139. The molecule has 1 heterocycles. The Morgan fingerprint density at radius 2 is 2.60 bits per heavy atom. The van der Waals surface area contributed by atoms with Crippen molar-refractivity contribution in [1.29, 1.82) is 0 Å². The van der Waals surface area contributed by atoms with E-state index in [-0.39, 0.29) is 6.04 Å². The molecule has 0 spiro atoms. The van der Waals surface area contributed by atoms with Crippen molar-refractivity contribution in [3.8, 4) is 0 Å². The van der Waals surface area contributed by atoms with E-state index in [0.717, 1.165) is 19.6 Å². The predicted molar refractivity (Wildman–Crippen MR) is 38.8 cm³/mol. The van der Waals surface area contributed by atoms with Crippen molar-refractivity contribution in [2.75, 3.05) is 19.8 Å². The molecule has 0 bridgehead atoms. The second kappa shape index (κ2) is 3.91. The van der Waals surface area contributed by atoms with Gasteiger partial charge in [0.15, 0.2) is 0 Å². The van der Waals surface area contributed by atoms with Crippen LogP contribution in [0.1, 0.15) is 13.3 Å². The lowest BCUT2D eigenvalue weighted by Crippen LogP contribution is -2.26. The molecule has 1 rings (SSSR count). The number of hydrogen-bond donors (Lipinski definition) is 1. The van der Waals surface area contributed by atoms with Gasteiger partial charge in [-0.2, -0.15) is 0 Å². The molecule has 10 heavy (non-hydrogen) atoms. The SMILES string of the molecule is C[C@@H](N)CO[C@H]1CCOC1. The van der Waals surface area contributed by atoms with Gasteiger partial charge in [-0.1, -0.05) is 0 Å². The molecular weight excluding hydrogens is 130 g/mol. The second-order valence-electron chi connectivity index (χ2n) is 2.80. The van der Waals surface area contributed by atoms with Gasteiger partial charge in [0.25, 0.3) is 0 Å². The van der Waals surface area contributed by atoms with E-state index in [0.29, 0.717) is 12.7 Å². The maximum Gasteiger partial charge on any atom is 0.0831 e. The van der Waals surface area contributed by atoms with Gasteiger partial charge in [0.2, 0.25) is 0 Å². The molecule has 0 amide bonds. The molecule has 2 N–H and O–H groups in total. The van der Waals surface area contributed by atoms with Gasteiger partial charge in [-0.25, -0.2) is 0 Å². The van der Waals surface area contributed by atoms with Gasteiger partial charge in [0, 0.05) is 12.6 Å². The zero-order valence-corrected chi connectivity index (χ0v) is 6.38. The Kier molecular flexibility index (Phi) is 3.12. The quantitative estimate of drug-likeness (QED) is 0.614. The highest BCUT2D eigenvalue weighted by atomic mass is 16.5. The summed E-state index contributed by atoms with van der Waals surface area (Å²) >= 11 is 0. The molecule has 60 valence electrons. The topological polar surface area (TPSA) is 44.5 Å². The second-order valence-corrected chi connectivity index (χ2v) is 2.80. The molecule has 0 aromatic carbocycles. The summed E-state index contributed by atoms with van der Waals surface area (Å²) in [5.41, 5.74) is 5.50. The van der Waals surface area contributed by atoms with Crippen LogP contribution in [0.4, 0.5) is 0 Å². The van der Waals surface area contributed by atoms with Crippen molar-refractivity contribution in [1.82, 2.24) is 0 Å². The molecule has 0 aromatic heterocycles. The van der Waals surface area contributed by atoms with Crippen LogP contribution in [0.2, 0.25) is 0 Å². The van der Waals surface area contributed by atoms with Crippen molar-refractivity contribution in [3.63, 3.8) is 0 Å². The smallest absolute Gasteiger partial charge is 0.0831 e. The van der Waals surface area contributed by atoms with Crippen LogP contribution in [0.5, 0.6) is 0 Å². The summed E-state index contributed by atoms with van der Waals surface area (Å²) < 4.78 is 10.5. The van der Waals surface area contributed by atoms with Crippen LogP contribution in [0.15, 0.2) is 0 Å². The van der Waals surface area contributed by atoms with Crippen molar-refractivity contribution in [3.05, 3.63) is 0 Å². The van der Waals surface area contributed by atoms with Crippen LogP contribution in [0, 0.1) is 0 Å². The van der Waals surface area contributed by atoms with Gasteiger partial charge >= 0.3 is 0 Å². The molecule has 0 radical (unpaired) electrons. The van der Waals surface area contributed by atoms with Crippen LogP contribution < -0.4 is 5.73 Å². The van der Waals surface area contributed by atoms with E-state index in [9.17, 15) is 0 Å². The fourth-order valence-electron chi connectivity index (χ4n) is 0.932. The number of hydrogen-bond acceptors (Lipinski definition) is 3. The molecule has 1 saturated heterocycles. The molecule has 3 heteroatoms. The van der Waals surface area contributed by atoms with Crippen LogP contribution in [-0.4, -0.2) is 32.0 Å². The molecule has 3 nitrogen and oxygen atoms in total. The van der Waals surface area contributed by atoms with Gasteiger partial charge in [0.1, 0.15) is 0 Å². The van der Waals surface area contributed by atoms with Crippen molar-refractivity contribution in [2.45, 2.75) is 25.5 Å². The minimum absolute atomic E-state index is 0.139. The Bertz CT molecular complexity index is 89.6. The van der Waals surface area contributed by atoms with E-state index < -0.39 is 0 Å². The normalized spacial score (nSPS) is 28.8. The summed E-state index contributed by atoms with van der Waals surface area (Å²) in [5, 5.41) is 0. The van der Waals surface area contributed by atoms with Gasteiger partial charge < -0.3 is 15.2 Å². The Labute approximate surface area is 61.5 Å². The van der Waals surface area contributed by atoms with Gasteiger partial charge in [-0.3, -0.25) is 0 Å². The zero-order chi connectivity index (χ0) is 7.40. The van der Waals surface area contributed by atoms with Crippen molar-refractivity contribution < 1.29 is 9.47 Å². The summed E-state index contributed by atoms with van der Waals surface area (Å²) in [6, 6.07) is 0.139. The third-order valence-electron chi connectivity index (χ3n) is 1.48. The molecule has 1 aliphatic rings. The third-order valence-corrected chi connectivity index (χ3v) is 1.48. The number of nitrogens with two attached hydrogens (primary N) is 1. The molecule has 0 aromatic rings. The Balaban J connectivity index is 2.01. The van der Waals surface area contributed by atoms with E-state index >= 15 is 0 Å². The average Bonchev–Trinajstić information content (AvgIpc) is 2.34. The number of ether oxygens (including phenoxy) is 2. The highest BCUT2D eigenvalue weighted by Crippen LogP contribution is 2.07. The summed E-state index contributed by atoms with van der Waals surface area (Å²) in [5.74, 6) is 0. The fourth-order valence-corrected chi connectivity index (χ4v) is 0.932. The molecule has 0 unspecified atom stereocenters. The minimum Gasteiger partial charge on any atom is -0.379 e. The largest absolute Gasteiger partial charge is 0.379 e. The van der Waals surface area contributed by atoms with Gasteiger partial charge in [-0.05, 0) is 13.3 Å². The lowest BCUT2D eigenvalue weighted by atomic mass is 10.3. The Hall–Kier alpha value is -0.120. The Morgan fingerprint density at radius 1 is 1.80 bits per heavy atom. The predicted octanol–water partition coefficient (Wildman–Crippen LogP) is 0.139. The van der Waals surface area contributed by atoms with E-state index in [2.05, 4.69) is 0 Å². The highest BCUT2D eigenvalue weighted by Gasteiger charge is 2.15. The van der Waals surface area contributed by atoms with Crippen LogP contribution in [0.25, 0.3) is 0 Å². The van der Waals surface area contributed by atoms with E-state index in [1.54, 1.807) is 0 Å². The number of rotatable bonds is 3. The van der Waals surface area contributed by atoms with E-state index in [4.69, 9.17) is 15.2 Å². The van der Waals surface area contributed by atoms with Gasteiger partial charge in [-0.15, -0.1) is 0 Å². The fraction of sp³-hybridized carbons (Fsp3) is 1.00. The van der Waals surface area contributed by atoms with Crippen LogP contribution >= 0.6 is 0 Å². The monoisotopic (exact) mass is 145 g/mol. The molecule has 1 aliphatic heterocycles. The summed E-state index contributed by atoms with van der Waals surface area (Å²) in [6.45, 7) is 4.17. The molecule has 0 saturated carbocycles. The summed E-state index contributed by atoms with van der Waals surface area (Å²) in [6.07, 6.45) is 1.32. The molecule has 1 fully saturated rings. The molecule has 0 aliphatic carbocycles. The summed E-state index contributed by atoms with van der Waals surface area (Å²) in [4.78, 5) is 0. The van der Waals surface area contributed by atoms with Crippen molar-refractivity contribution in [2.24, 2.45) is 5.73 Å². The third kappa shape index (κ3) is 2.64. The highest BCUT2D eigenvalue weighted by molar-refractivity contribution is 4.64. The first-order valence-corrected chi connectivity index (χ1v) is 3.74. The lowest BCUT2D eigenvalue weighted by Gasteiger charge is -2.11. The first-order valence-electron chi connectivity index (χ1n) is 3.74. The average molecular weight is 145 g/mol. The maximum atomic E-state index is 5.50. The van der Waals surface area contributed by atoms with Crippen LogP contribution in [0.3, 0.4) is 0 Å². The lowest BCUT2D eigenvalue weighted by molar-refractivity contribution is 0.0373.